The summed E-state index contributed by atoms with van der Waals surface area (Å²) in [7, 11) is -3.70. The molecule has 0 radical (unpaired) electrons. The third-order valence-corrected chi connectivity index (χ3v) is 5.41. The van der Waals surface area contributed by atoms with Gasteiger partial charge in [-0.2, -0.15) is 0 Å². The van der Waals surface area contributed by atoms with Crippen LogP contribution in [0.2, 0.25) is 0 Å². The summed E-state index contributed by atoms with van der Waals surface area (Å²) in [6, 6.07) is 4.13. The Morgan fingerprint density at radius 2 is 2.00 bits per heavy atom. The predicted molar refractivity (Wildman–Crippen MR) is 87.3 cm³/mol. The number of nitro groups is 1. The van der Waals surface area contributed by atoms with Gasteiger partial charge in [0.05, 0.1) is 11.0 Å². The zero-order valence-corrected chi connectivity index (χ0v) is 13.9. The zero-order valence-electron chi connectivity index (χ0n) is 13.1. The Morgan fingerprint density at radius 3 is 2.57 bits per heavy atom. The number of aliphatic hydroxyl groups is 1. The van der Waals surface area contributed by atoms with E-state index >= 15 is 0 Å². The summed E-state index contributed by atoms with van der Waals surface area (Å²) in [6.45, 7) is 0.165. The van der Waals surface area contributed by atoms with E-state index in [-0.39, 0.29) is 23.0 Å². The molecule has 0 aliphatic heterocycles. The molecule has 8 heteroatoms. The number of sulfone groups is 1. The molecule has 0 heterocycles. The average molecular weight is 342 g/mol. The Hall–Kier alpha value is -1.67. The number of para-hydroxylation sites is 1. The van der Waals surface area contributed by atoms with Crippen molar-refractivity contribution in [3.63, 3.8) is 0 Å². The lowest BCUT2D eigenvalue weighted by Gasteiger charge is -2.26. The molecule has 0 spiro atoms. The first-order chi connectivity index (χ1) is 10.8. The van der Waals surface area contributed by atoms with Crippen LogP contribution in [0.1, 0.15) is 32.1 Å². The minimum absolute atomic E-state index is 0.118. The average Bonchev–Trinajstić information content (AvgIpc) is 2.52. The number of nitro benzene ring substituents is 1. The molecule has 1 saturated carbocycles. The second-order valence-corrected chi connectivity index (χ2v) is 8.01. The van der Waals surface area contributed by atoms with Crippen molar-refractivity contribution in [2.24, 2.45) is 5.92 Å². The lowest BCUT2D eigenvalue weighted by atomic mass is 9.85. The standard InChI is InChI=1S/C15H22N2O5S/c1-23(21,22)14-9-5-8-12(15(14)17(19)20)16-10-13(18)11-6-3-2-4-7-11/h5,8-9,11,13,16,18H,2-4,6-7,10H2,1H3. The first-order valence-corrected chi connectivity index (χ1v) is 9.59. The number of hydrogen-bond acceptors (Lipinski definition) is 6. The van der Waals surface area contributed by atoms with Gasteiger partial charge in [-0.05, 0) is 30.9 Å². The number of nitrogens with one attached hydrogen (secondary N) is 1. The van der Waals surface area contributed by atoms with Crippen molar-refractivity contribution in [1.29, 1.82) is 0 Å². The third kappa shape index (κ3) is 4.42. The summed E-state index contributed by atoms with van der Waals surface area (Å²) in [6.07, 6.45) is 5.60. The Balaban J connectivity index is 2.18. The number of aliphatic hydroxyl groups excluding tert-OH is 1. The van der Waals surface area contributed by atoms with E-state index in [1.807, 2.05) is 0 Å². The van der Waals surface area contributed by atoms with E-state index in [0.717, 1.165) is 31.9 Å². The molecule has 1 aromatic rings. The van der Waals surface area contributed by atoms with E-state index in [1.165, 1.54) is 24.6 Å². The highest BCUT2D eigenvalue weighted by Crippen LogP contribution is 2.32. The minimum Gasteiger partial charge on any atom is -0.391 e. The molecule has 0 bridgehead atoms. The largest absolute Gasteiger partial charge is 0.391 e. The van der Waals surface area contributed by atoms with Crippen molar-refractivity contribution in [1.82, 2.24) is 0 Å². The molecule has 1 fully saturated rings. The zero-order chi connectivity index (χ0) is 17.0. The second-order valence-electron chi connectivity index (χ2n) is 6.03. The molecular formula is C15H22N2O5S. The molecular weight excluding hydrogens is 320 g/mol. The molecule has 1 aromatic carbocycles. The molecule has 1 atom stereocenters. The normalized spacial score (nSPS) is 17.7. The topological polar surface area (TPSA) is 110 Å². The Bertz CT molecular complexity index is 668. The number of nitrogens with zero attached hydrogens (tertiary/aromatic N) is 1. The van der Waals surface area contributed by atoms with Gasteiger partial charge in [0.2, 0.25) is 0 Å². The number of rotatable bonds is 6. The van der Waals surface area contributed by atoms with Crippen molar-refractivity contribution in [3.8, 4) is 0 Å². The van der Waals surface area contributed by atoms with Crippen LogP contribution in [0.5, 0.6) is 0 Å². The molecule has 128 valence electrons. The first-order valence-electron chi connectivity index (χ1n) is 7.70. The van der Waals surface area contributed by atoms with Gasteiger partial charge >= 0.3 is 5.69 Å². The highest BCUT2D eigenvalue weighted by atomic mass is 32.2. The van der Waals surface area contributed by atoms with Crippen LogP contribution >= 0.6 is 0 Å². The Morgan fingerprint density at radius 1 is 1.35 bits per heavy atom. The predicted octanol–water partition coefficient (Wildman–Crippen LogP) is 2.35. The smallest absolute Gasteiger partial charge is 0.310 e. The summed E-state index contributed by atoms with van der Waals surface area (Å²) >= 11 is 0. The lowest BCUT2D eigenvalue weighted by molar-refractivity contribution is -0.386. The van der Waals surface area contributed by atoms with Crippen LogP contribution in [-0.4, -0.2) is 37.4 Å². The van der Waals surface area contributed by atoms with Gasteiger partial charge < -0.3 is 10.4 Å². The van der Waals surface area contributed by atoms with E-state index in [4.69, 9.17) is 0 Å². The van der Waals surface area contributed by atoms with Gasteiger partial charge in [-0.25, -0.2) is 8.42 Å². The molecule has 2 N–H and O–H groups in total. The highest BCUT2D eigenvalue weighted by molar-refractivity contribution is 7.90. The van der Waals surface area contributed by atoms with E-state index in [2.05, 4.69) is 5.32 Å². The maximum atomic E-state index is 11.7. The van der Waals surface area contributed by atoms with Gasteiger partial charge in [-0.1, -0.05) is 25.3 Å². The fourth-order valence-electron chi connectivity index (χ4n) is 3.05. The van der Waals surface area contributed by atoms with Crippen LogP contribution in [-0.2, 0) is 9.84 Å². The maximum absolute atomic E-state index is 11.7. The van der Waals surface area contributed by atoms with Gasteiger partial charge in [0.25, 0.3) is 0 Å². The van der Waals surface area contributed by atoms with Crippen LogP contribution < -0.4 is 5.32 Å². The van der Waals surface area contributed by atoms with Gasteiger partial charge in [0.1, 0.15) is 10.6 Å². The Kier molecular flexibility index (Phi) is 5.59. The molecule has 1 unspecified atom stereocenters. The van der Waals surface area contributed by atoms with Crippen molar-refractivity contribution in [2.75, 3.05) is 18.1 Å². The third-order valence-electron chi connectivity index (χ3n) is 4.28. The fraction of sp³-hybridized carbons (Fsp3) is 0.600. The van der Waals surface area contributed by atoms with Crippen LogP contribution in [0.25, 0.3) is 0 Å². The van der Waals surface area contributed by atoms with Gasteiger partial charge in [-0.3, -0.25) is 10.1 Å². The molecule has 0 aromatic heterocycles. The van der Waals surface area contributed by atoms with Gasteiger partial charge in [-0.15, -0.1) is 0 Å². The highest BCUT2D eigenvalue weighted by Gasteiger charge is 2.27. The van der Waals surface area contributed by atoms with Crippen molar-refractivity contribution in [2.45, 2.75) is 43.1 Å². The van der Waals surface area contributed by atoms with Crippen molar-refractivity contribution in [3.05, 3.63) is 28.3 Å². The number of anilines is 1. The summed E-state index contributed by atoms with van der Waals surface area (Å²) in [5, 5.41) is 24.4. The van der Waals surface area contributed by atoms with Gasteiger partial charge in [0.15, 0.2) is 9.84 Å². The quantitative estimate of drug-likeness (QED) is 0.606. The van der Waals surface area contributed by atoms with Crippen molar-refractivity contribution < 1.29 is 18.4 Å². The van der Waals surface area contributed by atoms with E-state index in [9.17, 15) is 23.6 Å². The molecule has 7 nitrogen and oxygen atoms in total. The van der Waals surface area contributed by atoms with E-state index in [1.54, 1.807) is 0 Å². The SMILES string of the molecule is CS(=O)(=O)c1cccc(NCC(O)C2CCCCC2)c1[N+](=O)[O-]. The molecule has 2 rings (SSSR count). The van der Waals surface area contributed by atoms with Crippen LogP contribution in [0, 0.1) is 16.0 Å². The Labute approximate surface area is 135 Å². The fourth-order valence-corrected chi connectivity index (χ4v) is 3.91. The van der Waals surface area contributed by atoms with Crippen LogP contribution in [0.15, 0.2) is 23.1 Å². The second kappa shape index (κ2) is 7.27. The van der Waals surface area contributed by atoms with Gasteiger partial charge in [0, 0.05) is 12.8 Å². The minimum atomic E-state index is -3.70. The molecule has 1 aliphatic carbocycles. The van der Waals surface area contributed by atoms with Crippen LogP contribution in [0.4, 0.5) is 11.4 Å². The van der Waals surface area contributed by atoms with E-state index in [0.29, 0.717) is 0 Å². The summed E-state index contributed by atoms with van der Waals surface area (Å²) in [4.78, 5) is 10.3. The monoisotopic (exact) mass is 342 g/mol. The first kappa shape index (κ1) is 17.7. The van der Waals surface area contributed by atoms with Crippen LogP contribution in [0.3, 0.4) is 0 Å². The lowest BCUT2D eigenvalue weighted by Crippen LogP contribution is -2.30. The summed E-state index contributed by atoms with van der Waals surface area (Å²) < 4.78 is 23.4. The molecule has 23 heavy (non-hydrogen) atoms. The number of hydrogen-bond donors (Lipinski definition) is 2. The van der Waals surface area contributed by atoms with Crippen molar-refractivity contribution >= 4 is 21.2 Å². The number of benzene rings is 1. The summed E-state index contributed by atoms with van der Waals surface area (Å²) in [5.41, 5.74) is -0.348. The molecule has 0 saturated heterocycles. The summed E-state index contributed by atoms with van der Waals surface area (Å²) in [5.74, 6) is 0.188. The van der Waals surface area contributed by atoms with E-state index < -0.39 is 26.6 Å². The molecule has 0 amide bonds. The maximum Gasteiger partial charge on any atom is 0.310 e. The molecule has 1 aliphatic rings.